The van der Waals surface area contributed by atoms with Gasteiger partial charge in [0.15, 0.2) is 0 Å². The number of carbonyl (C=O) groups is 1. The van der Waals surface area contributed by atoms with Crippen molar-refractivity contribution in [2.45, 2.75) is 6.92 Å². The third kappa shape index (κ3) is 3.75. The normalized spacial score (nSPS) is 10.9. The highest BCUT2D eigenvalue weighted by atomic mass is 32.1. The minimum absolute atomic E-state index is 0.265. The van der Waals surface area contributed by atoms with E-state index in [0.717, 1.165) is 11.1 Å². The summed E-state index contributed by atoms with van der Waals surface area (Å²) in [5.74, 6) is -0.573. The lowest BCUT2D eigenvalue weighted by Crippen LogP contribution is -2.17. The first kappa shape index (κ1) is 16.1. The summed E-state index contributed by atoms with van der Waals surface area (Å²) in [6.45, 7) is 2.02. The summed E-state index contributed by atoms with van der Waals surface area (Å²) in [6, 6.07) is 15.8. The Hall–Kier alpha value is -2.79. The molecule has 0 unspecified atom stereocenters. The molecule has 0 aliphatic carbocycles. The zero-order valence-corrected chi connectivity index (χ0v) is 13.8. The van der Waals surface area contributed by atoms with Crippen molar-refractivity contribution in [1.29, 1.82) is 0 Å². The fraction of sp³-hybridized carbons (Fsp3) is 0.0526. The third-order valence-corrected chi connectivity index (χ3v) is 4.40. The van der Waals surface area contributed by atoms with Crippen molar-refractivity contribution < 1.29 is 9.18 Å². The Morgan fingerprint density at radius 1 is 1.08 bits per heavy atom. The molecule has 0 bridgehead atoms. The van der Waals surface area contributed by atoms with Crippen LogP contribution in [0.2, 0.25) is 0 Å². The molecule has 0 fully saturated rings. The number of benzene rings is 2. The van der Waals surface area contributed by atoms with E-state index in [4.69, 9.17) is 0 Å². The highest BCUT2D eigenvalue weighted by Crippen LogP contribution is 2.28. The molecule has 0 aliphatic heterocycles. The van der Waals surface area contributed by atoms with E-state index < -0.39 is 0 Å². The van der Waals surface area contributed by atoms with Crippen LogP contribution in [0.3, 0.4) is 0 Å². The van der Waals surface area contributed by atoms with Gasteiger partial charge in [0.05, 0.1) is 6.21 Å². The molecule has 0 spiro atoms. The molecule has 3 nitrogen and oxygen atoms in total. The van der Waals surface area contributed by atoms with Crippen LogP contribution in [0.25, 0.3) is 11.1 Å². The number of thiophene rings is 1. The van der Waals surface area contributed by atoms with E-state index in [9.17, 15) is 9.18 Å². The molecule has 1 aromatic heterocycles. The molecular weight excluding hydrogens is 323 g/mol. The topological polar surface area (TPSA) is 41.5 Å². The monoisotopic (exact) mass is 338 g/mol. The second-order valence-corrected chi connectivity index (χ2v) is 6.20. The van der Waals surface area contributed by atoms with Crippen molar-refractivity contribution in [3.05, 3.63) is 81.8 Å². The second kappa shape index (κ2) is 7.19. The van der Waals surface area contributed by atoms with E-state index in [1.54, 1.807) is 12.1 Å². The summed E-state index contributed by atoms with van der Waals surface area (Å²) in [6.07, 6.45) is 1.48. The SMILES string of the molecule is Cc1ccc(-c2ccsc2C(=O)N/N=C\c2ccc(F)cc2)cc1. The van der Waals surface area contributed by atoms with Gasteiger partial charge in [0.2, 0.25) is 0 Å². The van der Waals surface area contributed by atoms with Crippen LogP contribution in [0.1, 0.15) is 20.8 Å². The quantitative estimate of drug-likeness (QED) is 0.547. The van der Waals surface area contributed by atoms with Gasteiger partial charge in [-0.3, -0.25) is 4.79 Å². The van der Waals surface area contributed by atoms with Gasteiger partial charge in [0.1, 0.15) is 10.7 Å². The fourth-order valence-electron chi connectivity index (χ4n) is 2.21. The van der Waals surface area contributed by atoms with Crippen molar-refractivity contribution in [3.63, 3.8) is 0 Å². The molecule has 0 saturated heterocycles. The lowest BCUT2D eigenvalue weighted by molar-refractivity contribution is 0.0960. The predicted molar refractivity (Wildman–Crippen MR) is 96.0 cm³/mol. The second-order valence-electron chi connectivity index (χ2n) is 5.28. The average molecular weight is 338 g/mol. The molecule has 120 valence electrons. The van der Waals surface area contributed by atoms with Crippen LogP contribution in [0.4, 0.5) is 4.39 Å². The van der Waals surface area contributed by atoms with Crippen molar-refractivity contribution in [1.82, 2.24) is 5.43 Å². The number of hydrogen-bond donors (Lipinski definition) is 1. The summed E-state index contributed by atoms with van der Waals surface area (Å²) in [4.78, 5) is 12.9. The zero-order chi connectivity index (χ0) is 16.9. The number of aryl methyl sites for hydroxylation is 1. The number of hydrogen-bond acceptors (Lipinski definition) is 3. The van der Waals surface area contributed by atoms with E-state index in [1.807, 2.05) is 42.6 Å². The number of amides is 1. The van der Waals surface area contributed by atoms with Gasteiger partial charge in [-0.25, -0.2) is 9.82 Å². The van der Waals surface area contributed by atoms with Crippen molar-refractivity contribution in [3.8, 4) is 11.1 Å². The Bertz CT molecular complexity index is 867. The average Bonchev–Trinajstić information content (AvgIpc) is 3.07. The van der Waals surface area contributed by atoms with Crippen molar-refractivity contribution in [2.75, 3.05) is 0 Å². The third-order valence-electron chi connectivity index (χ3n) is 3.48. The van der Waals surface area contributed by atoms with Gasteiger partial charge in [-0.15, -0.1) is 11.3 Å². The number of hydrazone groups is 1. The molecular formula is C19H15FN2OS. The Morgan fingerprint density at radius 3 is 2.50 bits per heavy atom. The molecule has 1 N–H and O–H groups in total. The van der Waals surface area contributed by atoms with Gasteiger partial charge in [0.25, 0.3) is 5.91 Å². The number of carbonyl (C=O) groups excluding carboxylic acids is 1. The van der Waals surface area contributed by atoms with Crippen LogP contribution in [0, 0.1) is 12.7 Å². The molecule has 2 aromatic carbocycles. The van der Waals surface area contributed by atoms with Crippen LogP contribution < -0.4 is 5.43 Å². The van der Waals surface area contributed by atoms with Crippen LogP contribution in [-0.2, 0) is 0 Å². The van der Waals surface area contributed by atoms with Gasteiger partial charge in [-0.1, -0.05) is 42.0 Å². The first-order valence-electron chi connectivity index (χ1n) is 7.37. The van der Waals surface area contributed by atoms with Gasteiger partial charge in [-0.05, 0) is 41.6 Å². The molecule has 0 atom stereocenters. The van der Waals surface area contributed by atoms with Gasteiger partial charge < -0.3 is 0 Å². The molecule has 1 heterocycles. The fourth-order valence-corrected chi connectivity index (χ4v) is 3.02. The number of nitrogens with zero attached hydrogens (tertiary/aromatic N) is 1. The highest BCUT2D eigenvalue weighted by molar-refractivity contribution is 7.12. The maximum atomic E-state index is 12.8. The first-order valence-corrected chi connectivity index (χ1v) is 8.25. The van der Waals surface area contributed by atoms with Crippen LogP contribution in [-0.4, -0.2) is 12.1 Å². The minimum atomic E-state index is -0.308. The molecule has 0 saturated carbocycles. The smallest absolute Gasteiger partial charge is 0.266 e. The standard InChI is InChI=1S/C19H15FN2OS/c1-13-2-6-15(7-3-13)17-10-11-24-18(17)19(23)22-21-12-14-4-8-16(20)9-5-14/h2-12H,1H3,(H,22,23)/b21-12-. The summed E-state index contributed by atoms with van der Waals surface area (Å²) >= 11 is 1.37. The van der Waals surface area contributed by atoms with Crippen molar-refractivity contribution >= 4 is 23.5 Å². The summed E-state index contributed by atoms with van der Waals surface area (Å²) in [5.41, 5.74) is 6.28. The number of halogens is 1. The zero-order valence-electron chi connectivity index (χ0n) is 13.0. The summed E-state index contributed by atoms with van der Waals surface area (Å²) in [7, 11) is 0. The Labute approximate surface area is 143 Å². The Morgan fingerprint density at radius 2 is 1.79 bits per heavy atom. The molecule has 0 radical (unpaired) electrons. The molecule has 1 amide bonds. The van der Waals surface area contributed by atoms with E-state index in [0.29, 0.717) is 10.4 Å². The van der Waals surface area contributed by atoms with Crippen molar-refractivity contribution in [2.24, 2.45) is 5.10 Å². The summed E-state index contributed by atoms with van der Waals surface area (Å²) in [5, 5.41) is 5.82. The maximum Gasteiger partial charge on any atom is 0.282 e. The first-order chi connectivity index (χ1) is 11.6. The highest BCUT2D eigenvalue weighted by Gasteiger charge is 2.13. The molecule has 0 aliphatic rings. The number of nitrogens with one attached hydrogen (secondary N) is 1. The lowest BCUT2D eigenvalue weighted by atomic mass is 10.1. The number of rotatable bonds is 4. The van der Waals surface area contributed by atoms with E-state index in [1.165, 1.54) is 35.2 Å². The minimum Gasteiger partial charge on any atom is -0.266 e. The van der Waals surface area contributed by atoms with Crippen LogP contribution in [0.5, 0.6) is 0 Å². The van der Waals surface area contributed by atoms with Crippen LogP contribution >= 0.6 is 11.3 Å². The van der Waals surface area contributed by atoms with E-state index >= 15 is 0 Å². The molecule has 5 heteroatoms. The maximum absolute atomic E-state index is 12.8. The predicted octanol–water partition coefficient (Wildman–Crippen LogP) is 4.63. The van der Waals surface area contributed by atoms with E-state index in [2.05, 4.69) is 10.5 Å². The van der Waals surface area contributed by atoms with Gasteiger partial charge in [0, 0.05) is 5.56 Å². The molecule has 3 aromatic rings. The van der Waals surface area contributed by atoms with Crippen LogP contribution in [0.15, 0.2) is 65.1 Å². The van der Waals surface area contributed by atoms with Gasteiger partial charge in [-0.2, -0.15) is 5.10 Å². The Balaban J connectivity index is 1.73. The van der Waals surface area contributed by atoms with Gasteiger partial charge >= 0.3 is 0 Å². The van der Waals surface area contributed by atoms with E-state index in [-0.39, 0.29) is 11.7 Å². The lowest BCUT2D eigenvalue weighted by Gasteiger charge is -2.03. The molecule has 3 rings (SSSR count). The summed E-state index contributed by atoms with van der Waals surface area (Å²) < 4.78 is 12.8. The molecule has 24 heavy (non-hydrogen) atoms. The largest absolute Gasteiger partial charge is 0.282 e. The Kier molecular flexibility index (Phi) is 4.82.